The lowest BCUT2D eigenvalue weighted by molar-refractivity contribution is 0.268. The molecule has 3 nitrogen and oxygen atoms in total. The quantitative estimate of drug-likeness (QED) is 0.719. The minimum absolute atomic E-state index is 0.215. The van der Waals surface area contributed by atoms with Gasteiger partial charge in [0.2, 0.25) is 0 Å². The van der Waals surface area contributed by atoms with E-state index < -0.39 is 0 Å². The van der Waals surface area contributed by atoms with Crippen molar-refractivity contribution in [1.82, 2.24) is 4.90 Å². The molecule has 2 atom stereocenters. The Morgan fingerprint density at radius 3 is 2.88 bits per heavy atom. The van der Waals surface area contributed by atoms with Crippen LogP contribution in [0.2, 0.25) is 0 Å². The number of phenolic OH excluding ortho intramolecular Hbond substituents is 1. The minimum atomic E-state index is 0.215. The number of aromatic hydroxyl groups is 1. The van der Waals surface area contributed by atoms with Crippen molar-refractivity contribution in [3.8, 4) is 5.75 Å². The number of hydrogen-bond donors (Lipinski definition) is 1. The van der Waals surface area contributed by atoms with Crippen molar-refractivity contribution in [2.24, 2.45) is 0 Å². The second-order valence-corrected chi connectivity index (χ2v) is 5.33. The first-order valence-corrected chi connectivity index (χ1v) is 5.80. The predicted octanol–water partition coefficient (Wildman–Crippen LogP) is 1.76. The van der Waals surface area contributed by atoms with Crippen LogP contribution in [0.3, 0.4) is 0 Å². The Kier molecular flexibility index (Phi) is 1.82. The molecule has 2 aliphatic heterocycles. The first-order valence-electron chi connectivity index (χ1n) is 5.80. The van der Waals surface area contributed by atoms with E-state index in [-0.39, 0.29) is 5.41 Å². The summed E-state index contributed by atoms with van der Waals surface area (Å²) in [5.74, 6) is 0.358. The number of benzene rings is 1. The molecule has 1 fully saturated rings. The van der Waals surface area contributed by atoms with Crippen molar-refractivity contribution in [2.45, 2.75) is 24.9 Å². The van der Waals surface area contributed by atoms with Crippen LogP contribution in [0.15, 0.2) is 18.2 Å². The van der Waals surface area contributed by atoms with Crippen molar-refractivity contribution in [2.75, 3.05) is 25.5 Å². The van der Waals surface area contributed by atoms with E-state index in [2.05, 4.69) is 36.9 Å². The van der Waals surface area contributed by atoms with Gasteiger partial charge in [0, 0.05) is 30.8 Å². The highest BCUT2D eigenvalue weighted by Crippen LogP contribution is 2.51. The number of fused-ring (bicyclic) bond motifs is 3. The first kappa shape index (κ1) is 9.97. The lowest BCUT2D eigenvalue weighted by atomic mass is 9.81. The van der Waals surface area contributed by atoms with Crippen LogP contribution in [0.1, 0.15) is 18.9 Å². The molecule has 0 bridgehead atoms. The van der Waals surface area contributed by atoms with Crippen molar-refractivity contribution < 1.29 is 5.11 Å². The first-order chi connectivity index (χ1) is 7.54. The Morgan fingerprint density at radius 1 is 1.38 bits per heavy atom. The van der Waals surface area contributed by atoms with Gasteiger partial charge in [-0.05, 0) is 25.1 Å². The van der Waals surface area contributed by atoms with Gasteiger partial charge in [0.25, 0.3) is 0 Å². The average Bonchev–Trinajstić information content (AvgIpc) is 2.64. The molecule has 0 spiro atoms. The Labute approximate surface area is 96.3 Å². The Morgan fingerprint density at radius 2 is 2.12 bits per heavy atom. The summed E-state index contributed by atoms with van der Waals surface area (Å²) >= 11 is 0. The second kappa shape index (κ2) is 2.92. The van der Waals surface area contributed by atoms with Gasteiger partial charge in [0.1, 0.15) is 5.75 Å². The fourth-order valence-corrected chi connectivity index (χ4v) is 3.57. The van der Waals surface area contributed by atoms with Crippen molar-refractivity contribution >= 4 is 5.69 Å². The fourth-order valence-electron chi connectivity index (χ4n) is 3.57. The molecule has 1 aromatic rings. The molecule has 0 aliphatic carbocycles. The number of rotatable bonds is 0. The number of phenols is 1. The summed E-state index contributed by atoms with van der Waals surface area (Å²) in [5.41, 5.74) is 2.77. The molecule has 0 amide bonds. The SMILES string of the molecule is CN1CC[C@@]2(C)c3ccc(O)cc3N(C)[C@@H]12. The lowest BCUT2D eigenvalue weighted by Crippen LogP contribution is -2.45. The van der Waals surface area contributed by atoms with Crippen LogP contribution in [-0.4, -0.2) is 36.8 Å². The number of likely N-dealkylation sites (N-methyl/N-ethyl adjacent to an activating group) is 2. The highest BCUT2D eigenvalue weighted by molar-refractivity contribution is 5.66. The molecule has 86 valence electrons. The smallest absolute Gasteiger partial charge is 0.117 e. The van der Waals surface area contributed by atoms with E-state index >= 15 is 0 Å². The summed E-state index contributed by atoms with van der Waals surface area (Å²) in [6.45, 7) is 3.48. The third-order valence-corrected chi connectivity index (χ3v) is 4.31. The van der Waals surface area contributed by atoms with E-state index in [1.165, 1.54) is 17.7 Å². The topological polar surface area (TPSA) is 26.7 Å². The van der Waals surface area contributed by atoms with E-state index in [1.54, 1.807) is 6.07 Å². The Hall–Kier alpha value is -1.22. The van der Waals surface area contributed by atoms with Crippen LogP contribution >= 0.6 is 0 Å². The molecule has 3 heteroatoms. The van der Waals surface area contributed by atoms with E-state index in [1.807, 2.05) is 6.07 Å². The summed E-state index contributed by atoms with van der Waals surface area (Å²) in [4.78, 5) is 4.69. The van der Waals surface area contributed by atoms with Crippen LogP contribution in [0.25, 0.3) is 0 Å². The molecule has 16 heavy (non-hydrogen) atoms. The zero-order valence-corrected chi connectivity index (χ0v) is 10.1. The van der Waals surface area contributed by atoms with Gasteiger partial charge in [0.05, 0.1) is 6.17 Å². The van der Waals surface area contributed by atoms with Crippen LogP contribution in [-0.2, 0) is 5.41 Å². The number of nitrogens with zero attached hydrogens (tertiary/aromatic N) is 2. The number of anilines is 1. The third-order valence-electron chi connectivity index (χ3n) is 4.31. The van der Waals surface area contributed by atoms with Gasteiger partial charge in [-0.2, -0.15) is 0 Å². The van der Waals surface area contributed by atoms with Crippen LogP contribution in [0.4, 0.5) is 5.69 Å². The van der Waals surface area contributed by atoms with Gasteiger partial charge >= 0.3 is 0 Å². The number of hydrogen-bond acceptors (Lipinski definition) is 3. The van der Waals surface area contributed by atoms with Crippen LogP contribution in [0.5, 0.6) is 5.75 Å². The monoisotopic (exact) mass is 218 g/mol. The highest BCUT2D eigenvalue weighted by atomic mass is 16.3. The summed E-state index contributed by atoms with van der Waals surface area (Å²) in [6, 6.07) is 5.77. The Balaban J connectivity index is 2.19. The van der Waals surface area contributed by atoms with E-state index in [9.17, 15) is 5.11 Å². The van der Waals surface area contributed by atoms with Gasteiger partial charge in [0.15, 0.2) is 0 Å². The third kappa shape index (κ3) is 1.02. The summed E-state index contributed by atoms with van der Waals surface area (Å²) in [6.07, 6.45) is 1.63. The van der Waals surface area contributed by atoms with Gasteiger partial charge in [-0.25, -0.2) is 0 Å². The highest BCUT2D eigenvalue weighted by Gasteiger charge is 2.52. The molecule has 3 rings (SSSR count). The molecule has 0 saturated carbocycles. The van der Waals surface area contributed by atoms with Crippen molar-refractivity contribution in [3.05, 3.63) is 23.8 Å². The van der Waals surface area contributed by atoms with Gasteiger partial charge in [-0.15, -0.1) is 0 Å². The minimum Gasteiger partial charge on any atom is -0.508 e. The van der Waals surface area contributed by atoms with E-state index in [4.69, 9.17) is 0 Å². The summed E-state index contributed by atoms with van der Waals surface area (Å²) in [7, 11) is 4.30. The molecule has 0 aromatic heterocycles. The lowest BCUT2D eigenvalue weighted by Gasteiger charge is -2.32. The second-order valence-electron chi connectivity index (χ2n) is 5.33. The van der Waals surface area contributed by atoms with Crippen molar-refractivity contribution in [3.63, 3.8) is 0 Å². The largest absolute Gasteiger partial charge is 0.508 e. The molecule has 0 unspecified atom stereocenters. The molecule has 2 heterocycles. The average molecular weight is 218 g/mol. The molecule has 0 radical (unpaired) electrons. The standard InChI is InChI=1S/C13H18N2O/c1-13-6-7-14(2)12(13)15(3)11-8-9(16)4-5-10(11)13/h4-5,8,12,16H,6-7H2,1-3H3/t12-,13+/m1/s1. The maximum atomic E-state index is 9.59. The van der Waals surface area contributed by atoms with E-state index in [0.29, 0.717) is 11.9 Å². The van der Waals surface area contributed by atoms with E-state index in [0.717, 1.165) is 6.54 Å². The molecular formula is C13H18N2O. The van der Waals surface area contributed by atoms with Gasteiger partial charge in [-0.3, -0.25) is 4.90 Å². The zero-order valence-electron chi connectivity index (χ0n) is 10.1. The molecule has 1 aromatic carbocycles. The summed E-state index contributed by atoms with van der Waals surface area (Å²) < 4.78 is 0. The summed E-state index contributed by atoms with van der Waals surface area (Å²) in [5, 5.41) is 9.59. The Bertz CT molecular complexity index is 446. The van der Waals surface area contributed by atoms with Crippen LogP contribution in [0, 0.1) is 0 Å². The van der Waals surface area contributed by atoms with Gasteiger partial charge in [-0.1, -0.05) is 13.0 Å². The maximum absolute atomic E-state index is 9.59. The van der Waals surface area contributed by atoms with Crippen molar-refractivity contribution in [1.29, 1.82) is 0 Å². The fraction of sp³-hybridized carbons (Fsp3) is 0.538. The predicted molar refractivity (Wildman–Crippen MR) is 64.9 cm³/mol. The molecule has 1 saturated heterocycles. The zero-order chi connectivity index (χ0) is 11.5. The molecule has 2 aliphatic rings. The normalized spacial score (nSPS) is 32.9. The molecule has 1 N–H and O–H groups in total. The maximum Gasteiger partial charge on any atom is 0.117 e. The van der Waals surface area contributed by atoms with Crippen LogP contribution < -0.4 is 4.90 Å². The van der Waals surface area contributed by atoms with Gasteiger partial charge < -0.3 is 10.0 Å². The number of likely N-dealkylation sites (tertiary alicyclic amines) is 1. The molecular weight excluding hydrogens is 200 g/mol.